The Morgan fingerprint density at radius 1 is 0.848 bits per heavy atom. The monoisotopic (exact) mass is 641 g/mol. The van der Waals surface area contributed by atoms with Crippen LogP contribution in [0.4, 0.5) is 5.69 Å². The van der Waals surface area contributed by atoms with Gasteiger partial charge in [0.05, 0.1) is 57.2 Å². The topological polar surface area (TPSA) is 147 Å². The summed E-state index contributed by atoms with van der Waals surface area (Å²) in [6.45, 7) is 8.59. The highest BCUT2D eigenvalue weighted by molar-refractivity contribution is 6.25. The van der Waals surface area contributed by atoms with Crippen LogP contribution in [0.3, 0.4) is 0 Å². The SMILES string of the molecule is C[C@H]1CC[C@H](N2CCN(C(=O)CCOCCOCCOCCNc3cccc4c3C(=O)N(C3CCC(=O)NC3=O)C4=O)CC2)CC1. The van der Waals surface area contributed by atoms with Crippen LogP contribution in [0.25, 0.3) is 0 Å². The molecule has 2 saturated heterocycles. The average Bonchev–Trinajstić information content (AvgIpc) is 3.31. The molecule has 0 radical (unpaired) electrons. The van der Waals surface area contributed by atoms with Crippen LogP contribution in [-0.2, 0) is 28.6 Å². The summed E-state index contributed by atoms with van der Waals surface area (Å²) >= 11 is 0. The third-order valence-corrected chi connectivity index (χ3v) is 9.40. The van der Waals surface area contributed by atoms with Crippen LogP contribution in [0.15, 0.2) is 18.2 Å². The van der Waals surface area contributed by atoms with Crippen LogP contribution in [-0.4, -0.2) is 129 Å². The van der Waals surface area contributed by atoms with E-state index in [0.717, 1.165) is 37.0 Å². The van der Waals surface area contributed by atoms with Gasteiger partial charge in [-0.15, -0.1) is 0 Å². The first-order valence-corrected chi connectivity index (χ1v) is 16.7. The first-order valence-electron chi connectivity index (χ1n) is 16.7. The second-order valence-electron chi connectivity index (χ2n) is 12.5. The summed E-state index contributed by atoms with van der Waals surface area (Å²) in [4.78, 5) is 68.0. The van der Waals surface area contributed by atoms with Gasteiger partial charge >= 0.3 is 0 Å². The van der Waals surface area contributed by atoms with Crippen molar-refractivity contribution in [2.24, 2.45) is 5.92 Å². The Hall–Kier alpha value is -3.39. The lowest BCUT2D eigenvalue weighted by Gasteiger charge is -2.41. The lowest BCUT2D eigenvalue weighted by molar-refractivity contribution is -0.136. The van der Waals surface area contributed by atoms with E-state index < -0.39 is 29.7 Å². The number of piperazine rings is 1. The van der Waals surface area contributed by atoms with Gasteiger partial charge in [-0.1, -0.05) is 13.0 Å². The number of rotatable bonds is 15. The van der Waals surface area contributed by atoms with Crippen molar-refractivity contribution in [1.82, 2.24) is 20.0 Å². The molecule has 0 spiro atoms. The first kappa shape index (κ1) is 34.0. The zero-order valence-electron chi connectivity index (χ0n) is 26.8. The summed E-state index contributed by atoms with van der Waals surface area (Å²) in [7, 11) is 0. The molecule has 4 aliphatic rings. The highest BCUT2D eigenvalue weighted by atomic mass is 16.5. The maximum absolute atomic E-state index is 13.2. The van der Waals surface area contributed by atoms with E-state index in [-0.39, 0.29) is 29.9 Å². The average molecular weight is 642 g/mol. The number of nitrogens with one attached hydrogen (secondary N) is 2. The maximum atomic E-state index is 13.2. The fourth-order valence-corrected chi connectivity index (χ4v) is 6.72. The highest BCUT2D eigenvalue weighted by Gasteiger charge is 2.45. The van der Waals surface area contributed by atoms with E-state index in [0.29, 0.717) is 64.3 Å². The van der Waals surface area contributed by atoms with Gasteiger partial charge in [-0.25, -0.2) is 0 Å². The molecule has 1 saturated carbocycles. The van der Waals surface area contributed by atoms with E-state index in [1.165, 1.54) is 25.7 Å². The number of nitrogens with zero attached hydrogens (tertiary/aromatic N) is 3. The molecule has 1 atom stereocenters. The summed E-state index contributed by atoms with van der Waals surface area (Å²) < 4.78 is 16.8. The number of benzene rings is 1. The van der Waals surface area contributed by atoms with Gasteiger partial charge in [-0.05, 0) is 50.2 Å². The van der Waals surface area contributed by atoms with Gasteiger partial charge in [0.25, 0.3) is 11.8 Å². The minimum absolute atomic E-state index is 0.0713. The molecular formula is C33H47N5O8. The molecular weight excluding hydrogens is 594 g/mol. The number of fused-ring (bicyclic) bond motifs is 1. The molecule has 1 aliphatic carbocycles. The second kappa shape index (κ2) is 16.4. The molecule has 46 heavy (non-hydrogen) atoms. The first-order chi connectivity index (χ1) is 22.3. The predicted octanol–water partition coefficient (Wildman–Crippen LogP) is 1.66. The molecule has 3 heterocycles. The Balaban J connectivity index is 0.887. The van der Waals surface area contributed by atoms with Crippen molar-refractivity contribution < 1.29 is 38.2 Å². The zero-order chi connectivity index (χ0) is 32.5. The molecule has 1 aromatic carbocycles. The number of anilines is 1. The van der Waals surface area contributed by atoms with Gasteiger partial charge < -0.3 is 24.4 Å². The lowest BCUT2D eigenvalue weighted by Crippen LogP contribution is -2.54. The van der Waals surface area contributed by atoms with Crippen LogP contribution in [0.2, 0.25) is 0 Å². The number of amides is 5. The summed E-state index contributed by atoms with van der Waals surface area (Å²) in [6, 6.07) is 4.62. The number of hydrogen-bond donors (Lipinski definition) is 2. The van der Waals surface area contributed by atoms with Gasteiger partial charge in [-0.3, -0.25) is 39.1 Å². The lowest BCUT2D eigenvalue weighted by atomic mass is 9.86. The van der Waals surface area contributed by atoms with E-state index in [1.807, 2.05) is 4.90 Å². The molecule has 252 valence electrons. The summed E-state index contributed by atoms with van der Waals surface area (Å²) in [6.07, 6.45) is 5.77. The fraction of sp³-hybridized carbons (Fsp3) is 0.667. The van der Waals surface area contributed by atoms with E-state index >= 15 is 0 Å². The number of ether oxygens (including phenoxy) is 3. The summed E-state index contributed by atoms with van der Waals surface area (Å²) in [5, 5.41) is 5.34. The number of imide groups is 2. The van der Waals surface area contributed by atoms with Crippen molar-refractivity contribution in [1.29, 1.82) is 0 Å². The van der Waals surface area contributed by atoms with Crippen LogP contribution in [0, 0.1) is 5.92 Å². The molecule has 13 heteroatoms. The normalized spacial score (nSPS) is 23.9. The van der Waals surface area contributed by atoms with E-state index in [9.17, 15) is 24.0 Å². The molecule has 3 aliphatic heterocycles. The van der Waals surface area contributed by atoms with Crippen molar-refractivity contribution in [3.8, 4) is 0 Å². The van der Waals surface area contributed by atoms with E-state index in [4.69, 9.17) is 14.2 Å². The number of carbonyl (C=O) groups excluding carboxylic acids is 5. The molecule has 1 unspecified atom stereocenters. The Bertz CT molecular complexity index is 1260. The van der Waals surface area contributed by atoms with Crippen LogP contribution >= 0.6 is 0 Å². The third kappa shape index (κ3) is 8.49. The molecule has 0 bridgehead atoms. The predicted molar refractivity (Wildman–Crippen MR) is 168 cm³/mol. The Kier molecular flexibility index (Phi) is 12.1. The van der Waals surface area contributed by atoms with Crippen molar-refractivity contribution in [3.05, 3.63) is 29.3 Å². The summed E-state index contributed by atoms with van der Waals surface area (Å²) in [5.74, 6) is -1.14. The number of carbonyl (C=O) groups is 5. The van der Waals surface area contributed by atoms with Crippen molar-refractivity contribution in [2.45, 2.75) is 64.0 Å². The van der Waals surface area contributed by atoms with Gasteiger partial charge in [-0.2, -0.15) is 0 Å². The smallest absolute Gasteiger partial charge is 0.264 e. The standard InChI is InChI=1S/C33H47N5O8/c1-23-5-7-24(8-6-23)36-13-15-37(16-14-36)29(40)11-17-44-19-21-46-22-20-45-18-12-34-26-4-2-3-25-30(26)33(43)38(32(25)42)27-9-10-28(39)35-31(27)41/h2-4,23-24,27,34H,5-22H2,1H3,(H,35,39,41)/t23-,24-,27?. The van der Waals surface area contributed by atoms with Crippen molar-refractivity contribution in [2.75, 3.05) is 77.7 Å². The number of hydrogen-bond acceptors (Lipinski definition) is 10. The molecule has 5 amide bonds. The summed E-state index contributed by atoms with van der Waals surface area (Å²) in [5.41, 5.74) is 0.926. The Labute approximate surface area is 270 Å². The fourth-order valence-electron chi connectivity index (χ4n) is 6.72. The third-order valence-electron chi connectivity index (χ3n) is 9.40. The van der Waals surface area contributed by atoms with E-state index in [1.54, 1.807) is 18.2 Å². The van der Waals surface area contributed by atoms with Gasteiger partial charge in [0.15, 0.2) is 0 Å². The van der Waals surface area contributed by atoms with Gasteiger partial charge in [0, 0.05) is 50.9 Å². The molecule has 2 N–H and O–H groups in total. The molecule has 13 nitrogen and oxygen atoms in total. The largest absolute Gasteiger partial charge is 0.382 e. The Morgan fingerprint density at radius 3 is 2.22 bits per heavy atom. The van der Waals surface area contributed by atoms with Gasteiger partial charge in [0.2, 0.25) is 17.7 Å². The van der Waals surface area contributed by atoms with Crippen LogP contribution in [0.5, 0.6) is 0 Å². The number of piperidine rings is 1. The molecule has 3 fully saturated rings. The van der Waals surface area contributed by atoms with E-state index in [2.05, 4.69) is 22.5 Å². The van der Waals surface area contributed by atoms with Crippen LogP contribution in [0.1, 0.15) is 72.6 Å². The molecule has 5 rings (SSSR count). The van der Waals surface area contributed by atoms with Crippen molar-refractivity contribution in [3.63, 3.8) is 0 Å². The minimum atomic E-state index is -1.00. The highest BCUT2D eigenvalue weighted by Crippen LogP contribution is 2.32. The Morgan fingerprint density at radius 2 is 1.52 bits per heavy atom. The van der Waals surface area contributed by atoms with Gasteiger partial charge in [0.1, 0.15) is 6.04 Å². The quantitative estimate of drug-likeness (QED) is 0.214. The molecule has 0 aromatic heterocycles. The van der Waals surface area contributed by atoms with Crippen LogP contribution < -0.4 is 10.6 Å². The zero-order valence-corrected chi connectivity index (χ0v) is 26.8. The second-order valence-corrected chi connectivity index (χ2v) is 12.5. The van der Waals surface area contributed by atoms with Crippen molar-refractivity contribution >= 4 is 35.2 Å². The molecule has 1 aromatic rings. The minimum Gasteiger partial charge on any atom is -0.382 e. The maximum Gasteiger partial charge on any atom is 0.264 e.